The third kappa shape index (κ3) is 3.40. The van der Waals surface area contributed by atoms with Crippen LogP contribution in [0, 0.1) is 0 Å². The Bertz CT molecular complexity index is 399. The summed E-state index contributed by atoms with van der Waals surface area (Å²) in [7, 11) is -5.42. The molecule has 18 heavy (non-hydrogen) atoms. The molecule has 0 saturated carbocycles. The molecule has 1 fully saturated rings. The molecule has 2 atom stereocenters. The van der Waals surface area contributed by atoms with Crippen molar-refractivity contribution in [2.45, 2.75) is 32.2 Å². The Kier molecular flexibility index (Phi) is 4.25. The first-order valence-electron chi connectivity index (χ1n) is 6.46. The van der Waals surface area contributed by atoms with Crippen LogP contribution in [-0.2, 0) is 12.7 Å². The van der Waals surface area contributed by atoms with E-state index in [0.717, 1.165) is 12.7 Å². The summed E-state index contributed by atoms with van der Waals surface area (Å²) < 4.78 is 18.6. The van der Waals surface area contributed by atoms with Gasteiger partial charge in [-0.25, -0.2) is 0 Å². The zero-order chi connectivity index (χ0) is 13.2. The van der Waals surface area contributed by atoms with Gasteiger partial charge in [-0.3, -0.25) is 0 Å². The Morgan fingerprint density at radius 3 is 2.39 bits per heavy atom. The largest absolute Gasteiger partial charge is 0.439 e. The molecular weight excluding hydrogens is 276 g/mol. The highest BCUT2D eigenvalue weighted by Crippen LogP contribution is 2.21. The average Bonchev–Trinajstić information content (AvgIpc) is 2.27. The normalized spacial score (nSPS) is 32.6. The van der Waals surface area contributed by atoms with Crippen LogP contribution in [0.25, 0.3) is 0 Å². The molecule has 1 aliphatic heterocycles. The second-order valence-electron chi connectivity index (χ2n) is 5.47. The van der Waals surface area contributed by atoms with Gasteiger partial charge >= 0.3 is 8.56 Å². The molecular formula is C12H22O3Si3. The summed E-state index contributed by atoms with van der Waals surface area (Å²) in [5, 5.41) is 1.20. The van der Waals surface area contributed by atoms with E-state index in [4.69, 9.17) is 12.7 Å². The molecule has 1 saturated heterocycles. The maximum absolute atomic E-state index is 6.27. The topological polar surface area (TPSA) is 27.7 Å². The van der Waals surface area contributed by atoms with Crippen molar-refractivity contribution < 1.29 is 12.7 Å². The minimum atomic E-state index is -2.26. The Morgan fingerprint density at radius 2 is 1.72 bits per heavy atom. The predicted molar refractivity (Wildman–Crippen MR) is 81.1 cm³/mol. The highest BCUT2D eigenvalue weighted by atomic mass is 28.5. The van der Waals surface area contributed by atoms with Crippen LogP contribution in [0.3, 0.4) is 0 Å². The molecule has 0 spiro atoms. The molecule has 0 amide bonds. The van der Waals surface area contributed by atoms with Crippen molar-refractivity contribution in [2.75, 3.05) is 6.61 Å². The average molecular weight is 299 g/mol. The molecule has 0 radical (unpaired) electrons. The zero-order valence-electron chi connectivity index (χ0n) is 11.6. The molecule has 2 rings (SSSR count). The van der Waals surface area contributed by atoms with Crippen LogP contribution in [0.2, 0.25) is 32.2 Å². The lowest BCUT2D eigenvalue weighted by Crippen LogP contribution is -2.58. The van der Waals surface area contributed by atoms with Crippen LogP contribution < -0.4 is 5.19 Å². The van der Waals surface area contributed by atoms with Crippen molar-refractivity contribution in [1.82, 2.24) is 0 Å². The Balaban J connectivity index is 2.19. The van der Waals surface area contributed by atoms with Gasteiger partial charge in [0.15, 0.2) is 8.32 Å². The van der Waals surface area contributed by atoms with Gasteiger partial charge in [0.2, 0.25) is 0 Å². The van der Waals surface area contributed by atoms with Gasteiger partial charge in [-0.1, -0.05) is 30.3 Å². The fourth-order valence-corrected chi connectivity index (χ4v) is 12.6. The summed E-state index contributed by atoms with van der Waals surface area (Å²) in [6.45, 7) is 9.51. The smallest absolute Gasteiger partial charge is 0.360 e. The first-order chi connectivity index (χ1) is 8.41. The van der Waals surface area contributed by atoms with Crippen LogP contribution in [0.15, 0.2) is 30.3 Å². The summed E-state index contributed by atoms with van der Waals surface area (Å²) in [6.07, 6.45) is 0. The predicted octanol–water partition coefficient (Wildman–Crippen LogP) is 2.08. The third-order valence-corrected chi connectivity index (χ3v) is 13.8. The molecule has 6 heteroatoms. The molecule has 1 heterocycles. The molecule has 100 valence electrons. The van der Waals surface area contributed by atoms with Crippen LogP contribution in [0.5, 0.6) is 0 Å². The van der Waals surface area contributed by atoms with Gasteiger partial charge < -0.3 is 12.7 Å². The molecule has 3 nitrogen and oxygen atoms in total. The van der Waals surface area contributed by atoms with E-state index >= 15 is 0 Å². The fourth-order valence-electron chi connectivity index (χ4n) is 2.27. The minimum absolute atomic E-state index is 0.762. The second-order valence-corrected chi connectivity index (χ2v) is 15.3. The quantitative estimate of drug-likeness (QED) is 0.743. The highest BCUT2D eigenvalue weighted by Gasteiger charge is 2.40. The van der Waals surface area contributed by atoms with Crippen LogP contribution in [0.4, 0.5) is 0 Å². The zero-order valence-corrected chi connectivity index (χ0v) is 14.8. The monoisotopic (exact) mass is 298 g/mol. The fraction of sp³-hybridized carbons (Fsp3) is 0.500. The van der Waals surface area contributed by atoms with Crippen molar-refractivity contribution >= 4 is 31.3 Å². The molecule has 1 aromatic carbocycles. The van der Waals surface area contributed by atoms with Gasteiger partial charge in [-0.2, -0.15) is 0 Å². The molecule has 0 N–H and O–H groups in total. The number of rotatable bonds is 1. The molecule has 1 aromatic rings. The summed E-state index contributed by atoms with van der Waals surface area (Å²) in [6, 6.07) is 11.4. The maximum atomic E-state index is 6.27. The Labute approximate surface area is 113 Å². The lowest BCUT2D eigenvalue weighted by atomic mass is 10.4. The lowest BCUT2D eigenvalue weighted by molar-refractivity contribution is 0.240. The number of hydrogen-bond acceptors (Lipinski definition) is 3. The van der Waals surface area contributed by atoms with Crippen molar-refractivity contribution in [2.24, 2.45) is 0 Å². The van der Waals surface area contributed by atoms with Crippen molar-refractivity contribution in [1.29, 1.82) is 0 Å². The van der Waals surface area contributed by atoms with Gasteiger partial charge in [0.25, 0.3) is 9.28 Å². The summed E-state index contributed by atoms with van der Waals surface area (Å²) in [5.41, 5.74) is 0. The van der Waals surface area contributed by atoms with E-state index in [1.54, 1.807) is 0 Å². The van der Waals surface area contributed by atoms with Gasteiger partial charge in [0.1, 0.15) is 0 Å². The van der Waals surface area contributed by atoms with Gasteiger partial charge in [0.05, 0.1) is 0 Å². The third-order valence-electron chi connectivity index (χ3n) is 3.26. The molecule has 2 unspecified atom stereocenters. The van der Waals surface area contributed by atoms with E-state index in [1.807, 2.05) is 18.2 Å². The molecule has 0 bridgehead atoms. The summed E-state index contributed by atoms with van der Waals surface area (Å²) in [4.78, 5) is 0. The van der Waals surface area contributed by atoms with E-state index in [9.17, 15) is 0 Å². The second kappa shape index (κ2) is 5.40. The van der Waals surface area contributed by atoms with E-state index < -0.39 is 26.2 Å². The Morgan fingerprint density at radius 1 is 1.06 bits per heavy atom. The van der Waals surface area contributed by atoms with E-state index in [1.165, 1.54) is 5.19 Å². The molecule has 1 aliphatic rings. The first-order valence-corrected chi connectivity index (χ1v) is 14.0. The number of hydrogen-bond donors (Lipinski definition) is 0. The van der Waals surface area contributed by atoms with E-state index in [2.05, 4.69) is 38.3 Å². The summed E-state index contributed by atoms with van der Waals surface area (Å²) in [5.74, 6) is 0. The summed E-state index contributed by atoms with van der Waals surface area (Å²) >= 11 is 0. The number of benzene rings is 1. The van der Waals surface area contributed by atoms with Crippen molar-refractivity contribution in [3.63, 3.8) is 0 Å². The van der Waals surface area contributed by atoms with Gasteiger partial charge in [-0.05, 0) is 37.4 Å². The van der Waals surface area contributed by atoms with Crippen molar-refractivity contribution in [3.8, 4) is 0 Å². The SMILES string of the molecule is C[SiH]1O[Si](C)(C)CCO[Si](C)(c2ccccc2)O1. The van der Waals surface area contributed by atoms with Crippen molar-refractivity contribution in [3.05, 3.63) is 30.3 Å². The Hall–Kier alpha value is -0.249. The van der Waals surface area contributed by atoms with E-state index in [0.29, 0.717) is 0 Å². The first kappa shape index (κ1) is 14.2. The van der Waals surface area contributed by atoms with E-state index in [-0.39, 0.29) is 0 Å². The van der Waals surface area contributed by atoms with Gasteiger partial charge in [-0.15, -0.1) is 0 Å². The van der Waals surface area contributed by atoms with Crippen LogP contribution >= 0.6 is 0 Å². The highest BCUT2D eigenvalue weighted by molar-refractivity contribution is 6.86. The molecule has 0 aliphatic carbocycles. The standard InChI is InChI=1S/C12H22O3Si3/c1-16-14-17(2,3)11-10-13-18(4,15-16)12-8-6-5-7-9-12/h5-9,16H,10-11H2,1-4H3. The lowest BCUT2D eigenvalue weighted by Gasteiger charge is -2.37. The van der Waals surface area contributed by atoms with Gasteiger partial charge in [0, 0.05) is 6.61 Å². The molecule has 0 aromatic heterocycles. The maximum Gasteiger partial charge on any atom is 0.360 e. The van der Waals surface area contributed by atoms with Crippen LogP contribution in [-0.4, -0.2) is 32.8 Å². The minimum Gasteiger partial charge on any atom is -0.439 e. The van der Waals surface area contributed by atoms with Crippen LogP contribution in [0.1, 0.15) is 0 Å².